The third-order valence-corrected chi connectivity index (χ3v) is 4.01. The summed E-state index contributed by atoms with van der Waals surface area (Å²) in [6, 6.07) is 4.10. The highest BCUT2D eigenvalue weighted by Crippen LogP contribution is 2.22. The van der Waals surface area contributed by atoms with Crippen molar-refractivity contribution in [1.82, 2.24) is 9.88 Å². The summed E-state index contributed by atoms with van der Waals surface area (Å²) < 4.78 is 0. The lowest BCUT2D eigenvalue weighted by Crippen LogP contribution is -2.45. The van der Waals surface area contributed by atoms with Crippen LogP contribution >= 0.6 is 0 Å². The van der Waals surface area contributed by atoms with Gasteiger partial charge in [0.1, 0.15) is 5.82 Å². The summed E-state index contributed by atoms with van der Waals surface area (Å²) in [5.41, 5.74) is 0.0715. The topological polar surface area (TPSA) is 71.3 Å². The van der Waals surface area contributed by atoms with Gasteiger partial charge >= 0.3 is 0 Å². The third-order valence-electron chi connectivity index (χ3n) is 4.01. The van der Waals surface area contributed by atoms with Crippen LogP contribution in [-0.2, 0) is 0 Å². The van der Waals surface area contributed by atoms with Gasteiger partial charge in [-0.15, -0.1) is 0 Å². The molecular weight excluding hydrogens is 256 g/mol. The minimum atomic E-state index is -0.401. The minimum absolute atomic E-state index is 0.0715. The van der Waals surface area contributed by atoms with E-state index in [-0.39, 0.29) is 5.69 Å². The normalized spacial score (nSPS) is 23.5. The van der Waals surface area contributed by atoms with Crippen molar-refractivity contribution in [2.24, 2.45) is 0 Å². The van der Waals surface area contributed by atoms with Crippen LogP contribution in [0.15, 0.2) is 18.3 Å². The van der Waals surface area contributed by atoms with Gasteiger partial charge in [-0.1, -0.05) is 6.42 Å². The predicted octanol–water partition coefficient (Wildman–Crippen LogP) is 2.66. The number of hydrogen-bond acceptors (Lipinski definition) is 5. The van der Waals surface area contributed by atoms with Crippen molar-refractivity contribution in [2.45, 2.75) is 45.2 Å². The smallest absolute Gasteiger partial charge is 0.274 e. The number of aromatic nitrogens is 1. The number of pyridine rings is 1. The Morgan fingerprint density at radius 3 is 2.80 bits per heavy atom. The van der Waals surface area contributed by atoms with Crippen molar-refractivity contribution in [2.75, 3.05) is 18.4 Å². The lowest BCUT2D eigenvalue weighted by atomic mass is 9.98. The maximum absolute atomic E-state index is 10.7. The Morgan fingerprint density at radius 2 is 2.15 bits per heavy atom. The van der Waals surface area contributed by atoms with E-state index in [1.807, 2.05) is 0 Å². The average molecular weight is 278 g/mol. The first-order valence-electron chi connectivity index (χ1n) is 7.18. The highest BCUT2D eigenvalue weighted by molar-refractivity contribution is 5.44. The van der Waals surface area contributed by atoms with Crippen LogP contribution in [0.3, 0.4) is 0 Å². The monoisotopic (exact) mass is 278 g/mol. The van der Waals surface area contributed by atoms with E-state index >= 15 is 0 Å². The summed E-state index contributed by atoms with van der Waals surface area (Å²) in [4.78, 5) is 16.9. The Balaban J connectivity index is 1.86. The molecule has 20 heavy (non-hydrogen) atoms. The SMILES string of the molecule is CC1CCCC(C)N1CCNc1cc([N+](=O)[O-])ccn1. The fraction of sp³-hybridized carbons (Fsp3) is 0.643. The Hall–Kier alpha value is -1.69. The van der Waals surface area contributed by atoms with Gasteiger partial charge < -0.3 is 5.32 Å². The second-order valence-electron chi connectivity index (χ2n) is 5.45. The van der Waals surface area contributed by atoms with Gasteiger partial charge in [-0.3, -0.25) is 15.0 Å². The molecule has 2 rings (SSSR count). The van der Waals surface area contributed by atoms with Gasteiger partial charge in [0.2, 0.25) is 0 Å². The summed E-state index contributed by atoms with van der Waals surface area (Å²) in [5, 5.41) is 13.9. The van der Waals surface area contributed by atoms with Gasteiger partial charge in [0.15, 0.2) is 0 Å². The zero-order chi connectivity index (χ0) is 14.5. The van der Waals surface area contributed by atoms with Crippen LogP contribution in [0.1, 0.15) is 33.1 Å². The molecule has 1 saturated heterocycles. The summed E-state index contributed by atoms with van der Waals surface area (Å²) in [7, 11) is 0. The highest BCUT2D eigenvalue weighted by Gasteiger charge is 2.23. The molecule has 1 aromatic heterocycles. The van der Waals surface area contributed by atoms with E-state index in [4.69, 9.17) is 0 Å². The molecule has 0 radical (unpaired) electrons. The maximum Gasteiger partial charge on any atom is 0.274 e. The summed E-state index contributed by atoms with van der Waals surface area (Å²) in [6.07, 6.45) is 5.27. The van der Waals surface area contributed by atoms with E-state index in [9.17, 15) is 10.1 Å². The number of likely N-dealkylation sites (tertiary alicyclic amines) is 1. The standard InChI is InChI=1S/C14H22N4O2/c1-11-4-3-5-12(2)17(11)9-8-16-14-10-13(18(19)20)6-7-15-14/h6-7,10-12H,3-5,8-9H2,1-2H3,(H,15,16). The molecule has 110 valence electrons. The van der Waals surface area contributed by atoms with E-state index in [0.29, 0.717) is 17.9 Å². The molecule has 0 amide bonds. The summed E-state index contributed by atoms with van der Waals surface area (Å²) >= 11 is 0. The first-order valence-corrected chi connectivity index (χ1v) is 7.18. The fourth-order valence-corrected chi connectivity index (χ4v) is 2.86. The molecule has 1 aliphatic rings. The lowest BCUT2D eigenvalue weighted by molar-refractivity contribution is -0.384. The highest BCUT2D eigenvalue weighted by atomic mass is 16.6. The van der Waals surface area contributed by atoms with Crippen LogP contribution in [0.4, 0.5) is 11.5 Å². The third kappa shape index (κ3) is 3.66. The maximum atomic E-state index is 10.7. The molecule has 1 fully saturated rings. The zero-order valence-corrected chi connectivity index (χ0v) is 12.1. The number of nitro groups is 1. The van der Waals surface area contributed by atoms with Crippen LogP contribution in [0, 0.1) is 10.1 Å². The van der Waals surface area contributed by atoms with Crippen LogP contribution in [0.25, 0.3) is 0 Å². The lowest BCUT2D eigenvalue weighted by Gasteiger charge is -2.39. The Bertz CT molecular complexity index is 456. The fourth-order valence-electron chi connectivity index (χ4n) is 2.86. The van der Waals surface area contributed by atoms with Gasteiger partial charge in [0.25, 0.3) is 5.69 Å². The van der Waals surface area contributed by atoms with Crippen LogP contribution in [0.2, 0.25) is 0 Å². The molecule has 1 aromatic rings. The number of nitrogens with one attached hydrogen (secondary N) is 1. The molecule has 6 nitrogen and oxygen atoms in total. The first kappa shape index (κ1) is 14.7. The number of hydrogen-bond donors (Lipinski definition) is 1. The van der Waals surface area contributed by atoms with E-state index in [2.05, 4.69) is 29.0 Å². The van der Waals surface area contributed by atoms with Gasteiger partial charge in [-0.2, -0.15) is 0 Å². The molecule has 6 heteroatoms. The quantitative estimate of drug-likeness (QED) is 0.662. The molecule has 2 heterocycles. The van der Waals surface area contributed by atoms with Crippen molar-refractivity contribution in [3.05, 3.63) is 28.4 Å². The van der Waals surface area contributed by atoms with Gasteiger partial charge in [0.05, 0.1) is 11.0 Å². The molecule has 0 aromatic carbocycles. The first-order chi connectivity index (χ1) is 9.58. The molecular formula is C14H22N4O2. The number of rotatable bonds is 5. The Labute approximate surface area is 119 Å². The Morgan fingerprint density at radius 1 is 1.45 bits per heavy atom. The molecule has 1 N–H and O–H groups in total. The summed E-state index contributed by atoms with van der Waals surface area (Å²) in [6.45, 7) is 6.22. The molecule has 0 saturated carbocycles. The number of nitrogens with zero attached hydrogens (tertiary/aromatic N) is 3. The predicted molar refractivity (Wildman–Crippen MR) is 78.9 cm³/mol. The van der Waals surface area contributed by atoms with Gasteiger partial charge in [-0.25, -0.2) is 4.98 Å². The molecule has 0 aliphatic carbocycles. The minimum Gasteiger partial charge on any atom is -0.369 e. The number of anilines is 1. The molecule has 1 aliphatic heterocycles. The zero-order valence-electron chi connectivity index (χ0n) is 12.1. The largest absolute Gasteiger partial charge is 0.369 e. The van der Waals surface area contributed by atoms with E-state index in [1.165, 1.54) is 37.6 Å². The van der Waals surface area contributed by atoms with E-state index in [0.717, 1.165) is 13.1 Å². The van der Waals surface area contributed by atoms with Crippen LogP contribution in [-0.4, -0.2) is 40.0 Å². The van der Waals surface area contributed by atoms with E-state index < -0.39 is 4.92 Å². The van der Waals surface area contributed by atoms with E-state index in [1.54, 1.807) is 0 Å². The average Bonchev–Trinajstić information content (AvgIpc) is 2.42. The van der Waals surface area contributed by atoms with Gasteiger partial charge in [-0.05, 0) is 26.7 Å². The molecule has 0 bridgehead atoms. The van der Waals surface area contributed by atoms with Crippen LogP contribution < -0.4 is 5.32 Å². The van der Waals surface area contributed by atoms with Gasteiger partial charge in [0, 0.05) is 37.4 Å². The second-order valence-corrected chi connectivity index (χ2v) is 5.45. The Kier molecular flexibility index (Phi) is 4.89. The molecule has 0 spiro atoms. The van der Waals surface area contributed by atoms with Crippen molar-refractivity contribution >= 4 is 11.5 Å². The summed E-state index contributed by atoms with van der Waals surface area (Å²) in [5.74, 6) is 0.566. The van der Waals surface area contributed by atoms with Crippen molar-refractivity contribution in [1.29, 1.82) is 0 Å². The van der Waals surface area contributed by atoms with Crippen molar-refractivity contribution in [3.63, 3.8) is 0 Å². The second kappa shape index (κ2) is 6.65. The molecule has 2 unspecified atom stereocenters. The molecule has 2 atom stereocenters. The van der Waals surface area contributed by atoms with Crippen molar-refractivity contribution < 1.29 is 4.92 Å². The van der Waals surface area contributed by atoms with Crippen molar-refractivity contribution in [3.8, 4) is 0 Å². The van der Waals surface area contributed by atoms with Crippen LogP contribution in [0.5, 0.6) is 0 Å². The number of piperidine rings is 1.